The monoisotopic (exact) mass is 490 g/mol. The van der Waals surface area contributed by atoms with Gasteiger partial charge in [-0.1, -0.05) is 99.6 Å². The lowest BCUT2D eigenvalue weighted by molar-refractivity contribution is -0.142. The fraction of sp³-hybridized carbons (Fsp3) is 0.517. The van der Waals surface area contributed by atoms with Crippen molar-refractivity contribution in [2.75, 3.05) is 14.2 Å². The first-order valence-electron chi connectivity index (χ1n) is 12.4. The highest BCUT2D eigenvalue weighted by Gasteiger charge is 2.06. The average molecular weight is 491 g/mol. The number of aliphatic hydroxyl groups excluding tert-OH is 2. The molecule has 2 unspecified atom stereocenters. The summed E-state index contributed by atoms with van der Waals surface area (Å²) in [5.74, 6) is -0.701. The SMILES string of the molecule is CCCC=CCC=CC=CC(O)CC(=O)OC.CCCC=CCC=CC=CC(O)CCC(=O)OC. The highest BCUT2D eigenvalue weighted by Crippen LogP contribution is 2.01. The maximum atomic E-state index is 10.8. The second-order valence-electron chi connectivity index (χ2n) is 7.65. The molecule has 0 spiro atoms. The quantitative estimate of drug-likeness (QED) is 0.149. The fourth-order valence-electron chi connectivity index (χ4n) is 2.40. The van der Waals surface area contributed by atoms with E-state index in [1.807, 2.05) is 24.3 Å². The zero-order valence-electron chi connectivity index (χ0n) is 22.0. The molecule has 0 saturated heterocycles. The number of hydrogen-bond donors (Lipinski definition) is 2. The molecule has 0 aromatic carbocycles. The van der Waals surface area contributed by atoms with Gasteiger partial charge in [0.15, 0.2) is 0 Å². The molecule has 0 bridgehead atoms. The molecule has 0 saturated carbocycles. The molecule has 0 radical (unpaired) electrons. The number of esters is 2. The maximum absolute atomic E-state index is 10.8. The molecule has 2 N–H and O–H groups in total. The van der Waals surface area contributed by atoms with Crippen LogP contribution in [0.25, 0.3) is 0 Å². The van der Waals surface area contributed by atoms with Gasteiger partial charge in [-0.15, -0.1) is 0 Å². The molecule has 0 aromatic heterocycles. The minimum absolute atomic E-state index is 0.00274. The van der Waals surface area contributed by atoms with E-state index in [2.05, 4.69) is 47.6 Å². The van der Waals surface area contributed by atoms with Gasteiger partial charge in [-0.05, 0) is 32.1 Å². The Kier molecular flexibility index (Phi) is 27.1. The largest absolute Gasteiger partial charge is 0.469 e. The second-order valence-corrected chi connectivity index (χ2v) is 7.65. The number of carbonyl (C=O) groups is 2. The third kappa shape index (κ3) is 29.3. The van der Waals surface area contributed by atoms with Crippen LogP contribution in [0.4, 0.5) is 0 Å². The fourth-order valence-corrected chi connectivity index (χ4v) is 2.40. The first-order chi connectivity index (χ1) is 16.9. The molecule has 6 heteroatoms. The van der Waals surface area contributed by atoms with Gasteiger partial charge in [-0.25, -0.2) is 0 Å². The number of aliphatic hydroxyl groups is 2. The number of methoxy groups -OCH3 is 2. The first kappa shape index (κ1) is 34.5. The van der Waals surface area contributed by atoms with E-state index in [0.29, 0.717) is 6.42 Å². The Morgan fingerprint density at radius 3 is 1.63 bits per heavy atom. The Morgan fingerprint density at radius 1 is 0.686 bits per heavy atom. The molecule has 35 heavy (non-hydrogen) atoms. The molecular weight excluding hydrogens is 444 g/mol. The molecule has 0 fully saturated rings. The Bertz CT molecular complexity index is 685. The zero-order chi connectivity index (χ0) is 26.6. The van der Waals surface area contributed by atoms with Crippen LogP contribution in [0.15, 0.2) is 72.9 Å². The maximum Gasteiger partial charge on any atom is 0.308 e. The van der Waals surface area contributed by atoms with Crippen LogP contribution < -0.4 is 0 Å². The average Bonchev–Trinajstić information content (AvgIpc) is 2.86. The van der Waals surface area contributed by atoms with Gasteiger partial charge in [0, 0.05) is 6.42 Å². The lowest BCUT2D eigenvalue weighted by Gasteiger charge is -2.02. The first-order valence-corrected chi connectivity index (χ1v) is 12.4. The number of allylic oxidation sites excluding steroid dienone is 10. The number of rotatable bonds is 17. The highest BCUT2D eigenvalue weighted by atomic mass is 16.5. The summed E-state index contributed by atoms with van der Waals surface area (Å²) in [4.78, 5) is 21.7. The predicted octanol–water partition coefficient (Wildman–Crippen LogP) is 5.93. The van der Waals surface area contributed by atoms with Crippen molar-refractivity contribution in [2.45, 2.75) is 83.8 Å². The smallest absolute Gasteiger partial charge is 0.308 e. The lowest BCUT2D eigenvalue weighted by Crippen LogP contribution is -2.11. The third-order valence-electron chi connectivity index (χ3n) is 4.42. The summed E-state index contributed by atoms with van der Waals surface area (Å²) in [6, 6.07) is 0. The van der Waals surface area contributed by atoms with Gasteiger partial charge in [0.25, 0.3) is 0 Å². The van der Waals surface area contributed by atoms with Gasteiger partial charge < -0.3 is 19.7 Å². The van der Waals surface area contributed by atoms with E-state index < -0.39 is 18.2 Å². The van der Waals surface area contributed by atoms with Crippen LogP contribution in [0.1, 0.15) is 71.6 Å². The summed E-state index contributed by atoms with van der Waals surface area (Å²) >= 11 is 0. The summed E-state index contributed by atoms with van der Waals surface area (Å²) in [5, 5.41) is 18.9. The molecule has 2 atom stereocenters. The van der Waals surface area contributed by atoms with Gasteiger partial charge in [-0.3, -0.25) is 9.59 Å². The van der Waals surface area contributed by atoms with Crippen molar-refractivity contribution in [2.24, 2.45) is 0 Å². The minimum Gasteiger partial charge on any atom is -0.469 e. The van der Waals surface area contributed by atoms with Crippen LogP contribution in [0, 0.1) is 0 Å². The van der Waals surface area contributed by atoms with Gasteiger partial charge in [0.05, 0.1) is 32.8 Å². The van der Waals surface area contributed by atoms with Crippen LogP contribution >= 0.6 is 0 Å². The van der Waals surface area contributed by atoms with Crippen molar-refractivity contribution < 1.29 is 29.3 Å². The van der Waals surface area contributed by atoms with Gasteiger partial charge >= 0.3 is 11.9 Å². The van der Waals surface area contributed by atoms with Crippen molar-refractivity contribution >= 4 is 11.9 Å². The molecule has 0 aliphatic heterocycles. The molecule has 0 aliphatic rings. The second kappa shape index (κ2) is 27.5. The van der Waals surface area contributed by atoms with Gasteiger partial charge in [0.1, 0.15) is 0 Å². The van der Waals surface area contributed by atoms with Crippen LogP contribution in [0.3, 0.4) is 0 Å². The molecule has 0 heterocycles. The van der Waals surface area contributed by atoms with Crippen molar-refractivity contribution in [1.82, 2.24) is 0 Å². The Balaban J connectivity index is 0. The van der Waals surface area contributed by atoms with Crippen LogP contribution in [0.2, 0.25) is 0 Å². The van der Waals surface area contributed by atoms with Crippen LogP contribution in [-0.2, 0) is 19.1 Å². The van der Waals surface area contributed by atoms with E-state index in [9.17, 15) is 19.8 Å². The normalized spacial score (nSPS) is 13.8. The standard InChI is InChI=1S/C15H24O3.C14H22O3/c1-3-4-5-6-7-8-9-10-11-14(16)12-13-15(17)18-2;1-3-4-5-6-7-8-9-10-11-13(15)12-14(16)17-2/h5-6,8-11,14,16H,3-4,7,12-13H2,1-2H3;5-6,8-11,13,15H,3-4,7,12H2,1-2H3. The summed E-state index contributed by atoms with van der Waals surface area (Å²) in [5.41, 5.74) is 0. The summed E-state index contributed by atoms with van der Waals surface area (Å²) in [6.07, 6.45) is 28.7. The highest BCUT2D eigenvalue weighted by molar-refractivity contribution is 5.70. The molecular formula is C29H46O6. The Morgan fingerprint density at radius 2 is 1.17 bits per heavy atom. The van der Waals surface area contributed by atoms with E-state index in [1.54, 1.807) is 24.3 Å². The molecule has 0 aliphatic carbocycles. The van der Waals surface area contributed by atoms with Crippen molar-refractivity contribution in [1.29, 1.82) is 0 Å². The zero-order valence-corrected chi connectivity index (χ0v) is 22.0. The third-order valence-corrected chi connectivity index (χ3v) is 4.42. The Hall–Kier alpha value is -2.70. The summed E-state index contributed by atoms with van der Waals surface area (Å²) in [7, 11) is 2.65. The number of ether oxygens (including phenoxy) is 2. The number of carbonyl (C=O) groups excluding carboxylic acids is 2. The summed E-state index contributed by atoms with van der Waals surface area (Å²) in [6.45, 7) is 4.30. The van der Waals surface area contributed by atoms with E-state index in [4.69, 9.17) is 0 Å². The minimum atomic E-state index is -0.775. The number of hydrogen-bond acceptors (Lipinski definition) is 6. The molecule has 198 valence electrons. The van der Waals surface area contributed by atoms with Crippen molar-refractivity contribution in [3.63, 3.8) is 0 Å². The van der Waals surface area contributed by atoms with Crippen LogP contribution in [-0.4, -0.2) is 48.6 Å². The molecule has 0 amide bonds. The van der Waals surface area contributed by atoms with E-state index in [-0.39, 0.29) is 18.8 Å². The lowest BCUT2D eigenvalue weighted by atomic mass is 10.2. The topological polar surface area (TPSA) is 93.1 Å². The Labute approximate surface area is 212 Å². The molecule has 6 nitrogen and oxygen atoms in total. The van der Waals surface area contributed by atoms with E-state index in [1.165, 1.54) is 27.1 Å². The van der Waals surface area contributed by atoms with E-state index >= 15 is 0 Å². The van der Waals surface area contributed by atoms with Gasteiger partial charge in [-0.2, -0.15) is 0 Å². The van der Waals surface area contributed by atoms with Crippen LogP contribution in [0.5, 0.6) is 0 Å². The number of unbranched alkanes of at least 4 members (excludes halogenated alkanes) is 2. The molecule has 0 aromatic rings. The molecule has 0 rings (SSSR count). The van der Waals surface area contributed by atoms with Crippen molar-refractivity contribution in [3.05, 3.63) is 72.9 Å². The summed E-state index contributed by atoms with van der Waals surface area (Å²) < 4.78 is 8.94. The predicted molar refractivity (Wildman–Crippen MR) is 144 cm³/mol. The van der Waals surface area contributed by atoms with Crippen molar-refractivity contribution in [3.8, 4) is 0 Å². The van der Waals surface area contributed by atoms with Gasteiger partial charge in [0.2, 0.25) is 0 Å². The van der Waals surface area contributed by atoms with E-state index in [0.717, 1.165) is 25.7 Å².